The zero-order valence-electron chi connectivity index (χ0n) is 10.4. The van der Waals surface area contributed by atoms with Crippen LogP contribution in [0.25, 0.3) is 0 Å². The summed E-state index contributed by atoms with van der Waals surface area (Å²) in [4.78, 5) is 11.7. The predicted octanol–water partition coefficient (Wildman–Crippen LogP) is 3.07. The molecule has 0 fully saturated rings. The van der Waals surface area contributed by atoms with Gasteiger partial charge in [0, 0.05) is 11.4 Å². The monoisotopic (exact) mass is 262 g/mol. The van der Waals surface area contributed by atoms with Crippen LogP contribution in [0.5, 0.6) is 0 Å². The number of anilines is 2. The molecule has 0 saturated carbocycles. The van der Waals surface area contributed by atoms with Gasteiger partial charge in [0.05, 0.1) is 23.3 Å². The van der Waals surface area contributed by atoms with Gasteiger partial charge in [-0.15, -0.1) is 0 Å². The molecule has 0 heterocycles. The van der Waals surface area contributed by atoms with Gasteiger partial charge >= 0.3 is 6.03 Å². The molecule has 2 aromatic carbocycles. The second kappa shape index (κ2) is 6.03. The SMILES string of the molecule is N#Cc1ccc(NC(=O)Nc2ccc(C#N)cc2)cc1. The Kier molecular flexibility index (Phi) is 3.96. The Balaban J connectivity index is 1.97. The molecule has 2 N–H and O–H groups in total. The summed E-state index contributed by atoms with van der Waals surface area (Å²) in [7, 11) is 0. The van der Waals surface area contributed by atoms with Crippen molar-refractivity contribution in [3.05, 3.63) is 59.7 Å². The van der Waals surface area contributed by atoms with Crippen LogP contribution >= 0.6 is 0 Å². The van der Waals surface area contributed by atoms with Gasteiger partial charge in [0.15, 0.2) is 0 Å². The van der Waals surface area contributed by atoms with Crippen LogP contribution in [0.3, 0.4) is 0 Å². The maximum atomic E-state index is 11.7. The van der Waals surface area contributed by atoms with Crippen LogP contribution in [0, 0.1) is 22.7 Å². The molecule has 0 aliphatic heterocycles. The minimum absolute atomic E-state index is 0.389. The van der Waals surface area contributed by atoms with E-state index < -0.39 is 0 Å². The van der Waals surface area contributed by atoms with Crippen molar-refractivity contribution in [1.29, 1.82) is 10.5 Å². The number of nitrogens with one attached hydrogen (secondary N) is 2. The number of carbonyl (C=O) groups is 1. The number of carbonyl (C=O) groups excluding carboxylic acids is 1. The number of benzene rings is 2. The molecule has 2 aromatic rings. The van der Waals surface area contributed by atoms with Gasteiger partial charge in [-0.2, -0.15) is 10.5 Å². The molecule has 96 valence electrons. The molecule has 0 aromatic heterocycles. The highest BCUT2D eigenvalue weighted by Crippen LogP contribution is 2.11. The second-order valence-electron chi connectivity index (χ2n) is 3.96. The molecule has 5 nitrogen and oxygen atoms in total. The van der Waals surface area contributed by atoms with E-state index in [9.17, 15) is 4.79 Å². The summed E-state index contributed by atoms with van der Waals surface area (Å²) in [5, 5.41) is 22.6. The minimum atomic E-state index is -0.389. The van der Waals surface area contributed by atoms with Gasteiger partial charge in [0.2, 0.25) is 0 Å². The molecule has 20 heavy (non-hydrogen) atoms. The van der Waals surface area contributed by atoms with Crippen LogP contribution in [0.1, 0.15) is 11.1 Å². The van der Waals surface area contributed by atoms with E-state index in [1.807, 2.05) is 12.1 Å². The van der Waals surface area contributed by atoms with Crippen LogP contribution in [0.4, 0.5) is 16.2 Å². The smallest absolute Gasteiger partial charge is 0.308 e. The third-order valence-electron chi connectivity index (χ3n) is 2.54. The van der Waals surface area contributed by atoms with Crippen molar-refractivity contribution in [1.82, 2.24) is 0 Å². The van der Waals surface area contributed by atoms with E-state index in [1.54, 1.807) is 48.5 Å². The van der Waals surface area contributed by atoms with Gasteiger partial charge in [-0.3, -0.25) is 0 Å². The summed E-state index contributed by atoms with van der Waals surface area (Å²) in [6, 6.07) is 16.7. The Morgan fingerprint density at radius 3 is 1.40 bits per heavy atom. The molecule has 0 aliphatic carbocycles. The van der Waals surface area contributed by atoms with Crippen LogP contribution in [0.2, 0.25) is 0 Å². The van der Waals surface area contributed by atoms with E-state index in [0.717, 1.165) is 0 Å². The highest BCUT2D eigenvalue weighted by atomic mass is 16.2. The van der Waals surface area contributed by atoms with Crippen LogP contribution in [-0.4, -0.2) is 6.03 Å². The first-order valence-corrected chi connectivity index (χ1v) is 5.79. The fourth-order valence-electron chi connectivity index (χ4n) is 1.55. The average molecular weight is 262 g/mol. The molecule has 0 aliphatic rings. The number of amides is 2. The Bertz CT molecular complexity index is 629. The molecule has 2 rings (SSSR count). The van der Waals surface area contributed by atoms with E-state index in [2.05, 4.69) is 10.6 Å². The Labute approximate surface area is 116 Å². The normalized spacial score (nSPS) is 9.10. The van der Waals surface area contributed by atoms with Crippen LogP contribution < -0.4 is 10.6 Å². The summed E-state index contributed by atoms with van der Waals surface area (Å²) < 4.78 is 0. The van der Waals surface area contributed by atoms with Gasteiger partial charge < -0.3 is 10.6 Å². The van der Waals surface area contributed by atoms with Crippen molar-refractivity contribution in [2.24, 2.45) is 0 Å². The quantitative estimate of drug-likeness (QED) is 0.871. The zero-order valence-corrected chi connectivity index (χ0v) is 10.4. The largest absolute Gasteiger partial charge is 0.323 e. The van der Waals surface area contributed by atoms with Crippen molar-refractivity contribution < 1.29 is 4.79 Å². The molecule has 5 heteroatoms. The molecule has 0 atom stereocenters. The van der Waals surface area contributed by atoms with E-state index in [0.29, 0.717) is 22.5 Å². The lowest BCUT2D eigenvalue weighted by atomic mass is 10.2. The fraction of sp³-hybridized carbons (Fsp3) is 0. The summed E-state index contributed by atoms with van der Waals surface area (Å²) in [5.41, 5.74) is 2.25. The average Bonchev–Trinajstić information content (AvgIpc) is 2.49. The van der Waals surface area contributed by atoms with E-state index >= 15 is 0 Å². The zero-order chi connectivity index (χ0) is 14.4. The van der Waals surface area contributed by atoms with Crippen LogP contribution in [-0.2, 0) is 0 Å². The molecule has 0 bridgehead atoms. The van der Waals surface area contributed by atoms with E-state index in [1.165, 1.54) is 0 Å². The number of nitriles is 2. The minimum Gasteiger partial charge on any atom is -0.308 e. The maximum absolute atomic E-state index is 11.7. The number of urea groups is 1. The molecule has 0 unspecified atom stereocenters. The third-order valence-corrected chi connectivity index (χ3v) is 2.54. The standard InChI is InChI=1S/C15H10N4O/c16-9-11-1-5-13(6-2-11)18-15(20)19-14-7-3-12(10-17)4-8-14/h1-8H,(H2,18,19,20). The van der Waals surface area contributed by atoms with Gasteiger partial charge in [0.1, 0.15) is 0 Å². The second-order valence-corrected chi connectivity index (χ2v) is 3.96. The number of hydrogen-bond donors (Lipinski definition) is 2. The van der Waals surface area contributed by atoms with Gasteiger partial charge in [-0.25, -0.2) is 4.79 Å². The van der Waals surface area contributed by atoms with Gasteiger partial charge in [0.25, 0.3) is 0 Å². The molecule has 2 amide bonds. The molecular weight excluding hydrogens is 252 g/mol. The summed E-state index contributed by atoms with van der Waals surface area (Å²) >= 11 is 0. The van der Waals surface area contributed by atoms with Crippen molar-refractivity contribution in [3.8, 4) is 12.1 Å². The highest BCUT2D eigenvalue weighted by molar-refractivity contribution is 5.99. The lowest BCUT2D eigenvalue weighted by Gasteiger charge is -2.07. The van der Waals surface area contributed by atoms with Crippen molar-refractivity contribution in [2.75, 3.05) is 10.6 Å². The lowest BCUT2D eigenvalue weighted by molar-refractivity contribution is 0.262. The third kappa shape index (κ3) is 3.34. The van der Waals surface area contributed by atoms with Crippen molar-refractivity contribution in [2.45, 2.75) is 0 Å². The number of nitrogens with zero attached hydrogens (tertiary/aromatic N) is 2. The number of rotatable bonds is 2. The molecule has 0 saturated heterocycles. The highest BCUT2D eigenvalue weighted by Gasteiger charge is 2.02. The fourth-order valence-corrected chi connectivity index (χ4v) is 1.55. The lowest BCUT2D eigenvalue weighted by Crippen LogP contribution is -2.19. The molecule has 0 spiro atoms. The first kappa shape index (κ1) is 13.1. The maximum Gasteiger partial charge on any atom is 0.323 e. The predicted molar refractivity (Wildman–Crippen MR) is 75.0 cm³/mol. The Morgan fingerprint density at radius 2 is 1.10 bits per heavy atom. The van der Waals surface area contributed by atoms with Crippen molar-refractivity contribution in [3.63, 3.8) is 0 Å². The summed E-state index contributed by atoms with van der Waals surface area (Å²) in [6.07, 6.45) is 0. The Morgan fingerprint density at radius 1 is 0.750 bits per heavy atom. The molecular formula is C15H10N4O. The number of hydrogen-bond acceptors (Lipinski definition) is 3. The molecule has 0 radical (unpaired) electrons. The van der Waals surface area contributed by atoms with E-state index in [4.69, 9.17) is 10.5 Å². The van der Waals surface area contributed by atoms with Crippen molar-refractivity contribution >= 4 is 17.4 Å². The topological polar surface area (TPSA) is 88.7 Å². The summed E-state index contributed by atoms with van der Waals surface area (Å²) in [6.45, 7) is 0. The van der Waals surface area contributed by atoms with Gasteiger partial charge in [-0.1, -0.05) is 0 Å². The van der Waals surface area contributed by atoms with Crippen LogP contribution in [0.15, 0.2) is 48.5 Å². The first-order valence-electron chi connectivity index (χ1n) is 5.79. The Hall–Kier alpha value is -3.31. The first-order chi connectivity index (χ1) is 9.71. The van der Waals surface area contributed by atoms with Gasteiger partial charge in [-0.05, 0) is 48.5 Å². The summed E-state index contributed by atoms with van der Waals surface area (Å²) in [5.74, 6) is 0. The van der Waals surface area contributed by atoms with E-state index in [-0.39, 0.29) is 6.03 Å².